The van der Waals surface area contributed by atoms with E-state index in [2.05, 4.69) is 0 Å². The minimum Gasteiger partial charge on any atom is -0.480 e. The Balaban J connectivity index is 1.76. The number of alkyl halides is 3. The molecule has 0 amide bonds. The van der Waals surface area contributed by atoms with Crippen molar-refractivity contribution in [2.24, 2.45) is 0 Å². The van der Waals surface area contributed by atoms with Crippen molar-refractivity contribution in [3.8, 4) is 11.1 Å². The first-order valence-corrected chi connectivity index (χ1v) is 12.7. The molecule has 39 heavy (non-hydrogen) atoms. The number of benzene rings is 3. The number of hydrogen-bond donors (Lipinski definition) is 1. The zero-order chi connectivity index (χ0) is 27.7. The van der Waals surface area contributed by atoms with Crippen LogP contribution in [0, 0.1) is 0 Å². The Kier molecular flexibility index (Phi) is 7.23. The van der Waals surface area contributed by atoms with Crippen LogP contribution < -0.4 is 10.5 Å². The molecule has 0 bridgehead atoms. The van der Waals surface area contributed by atoms with Crippen LogP contribution >= 0.6 is 11.6 Å². The quantitative estimate of drug-likeness (QED) is 0.280. The fourth-order valence-corrected chi connectivity index (χ4v) is 5.39. The second-order valence-electron chi connectivity index (χ2n) is 9.45. The number of aryl methyl sites for hydroxylation is 1. The van der Waals surface area contributed by atoms with E-state index in [0.717, 1.165) is 27.8 Å². The first-order chi connectivity index (χ1) is 18.6. The number of aromatic nitrogens is 1. The maximum atomic E-state index is 13.7. The number of hydrogen-bond acceptors (Lipinski definition) is 3. The first-order valence-electron chi connectivity index (χ1n) is 12.3. The standard InChI is InChI=1S/C30H24ClF3N2O3/c31-26-23(15-14-19-8-3-1-4-9-19)25(21-12-7-13-22(16-21)30(32,33)34)27-35(17-20-10-5-2-6-11-20)18-24(29(38)39)36(27)28(26)37/h1-13,16,24H,14-15,17-18H2,(H,38,39). The van der Waals surface area contributed by atoms with Crippen molar-refractivity contribution in [2.45, 2.75) is 31.6 Å². The number of carboxylic acids is 1. The lowest BCUT2D eigenvalue weighted by Crippen LogP contribution is -2.29. The number of aliphatic carboxylic acids is 1. The molecule has 0 saturated carbocycles. The summed E-state index contributed by atoms with van der Waals surface area (Å²) in [6, 6.07) is 22.3. The van der Waals surface area contributed by atoms with Crippen molar-refractivity contribution in [1.82, 2.24) is 4.57 Å². The van der Waals surface area contributed by atoms with Crippen LogP contribution in [0.4, 0.5) is 19.0 Å². The van der Waals surface area contributed by atoms with Crippen molar-refractivity contribution in [1.29, 1.82) is 0 Å². The monoisotopic (exact) mass is 552 g/mol. The number of fused-ring (bicyclic) bond motifs is 1. The van der Waals surface area contributed by atoms with Crippen LogP contribution in [0.1, 0.15) is 28.3 Å². The number of halogens is 4. The van der Waals surface area contributed by atoms with Crippen molar-refractivity contribution >= 4 is 23.4 Å². The van der Waals surface area contributed by atoms with Gasteiger partial charge in [-0.15, -0.1) is 0 Å². The predicted octanol–water partition coefficient (Wildman–Crippen LogP) is 6.62. The maximum absolute atomic E-state index is 13.7. The van der Waals surface area contributed by atoms with Gasteiger partial charge in [-0.05, 0) is 47.2 Å². The number of nitrogens with zero attached hydrogens (tertiary/aromatic N) is 2. The molecule has 5 nitrogen and oxygen atoms in total. The van der Waals surface area contributed by atoms with Crippen LogP contribution in [-0.4, -0.2) is 22.2 Å². The van der Waals surface area contributed by atoms with Gasteiger partial charge in [0.25, 0.3) is 5.56 Å². The fraction of sp³-hybridized carbons (Fsp3) is 0.200. The van der Waals surface area contributed by atoms with Gasteiger partial charge < -0.3 is 10.0 Å². The van der Waals surface area contributed by atoms with Crippen molar-refractivity contribution in [3.05, 3.63) is 123 Å². The number of anilines is 1. The van der Waals surface area contributed by atoms with Crippen LogP contribution in [0.15, 0.2) is 89.7 Å². The second kappa shape index (κ2) is 10.6. The molecule has 9 heteroatoms. The third-order valence-electron chi connectivity index (χ3n) is 6.92. The van der Waals surface area contributed by atoms with Gasteiger partial charge in [0.1, 0.15) is 10.8 Å². The van der Waals surface area contributed by atoms with Gasteiger partial charge >= 0.3 is 12.1 Å². The van der Waals surface area contributed by atoms with Crippen molar-refractivity contribution in [3.63, 3.8) is 0 Å². The normalized spacial score (nSPS) is 14.9. The molecule has 5 rings (SSSR count). The predicted molar refractivity (Wildman–Crippen MR) is 144 cm³/mol. The summed E-state index contributed by atoms with van der Waals surface area (Å²) in [5.74, 6) is -0.972. The molecule has 0 fully saturated rings. The van der Waals surface area contributed by atoms with E-state index in [1.807, 2.05) is 60.7 Å². The molecule has 1 aliphatic rings. The van der Waals surface area contributed by atoms with Gasteiger partial charge in [0.15, 0.2) is 6.04 Å². The Labute approximate surface area is 227 Å². The minimum absolute atomic E-state index is 0.0378. The molecule has 1 unspecified atom stereocenters. The molecule has 3 aromatic carbocycles. The average molecular weight is 553 g/mol. The van der Waals surface area contributed by atoms with Gasteiger partial charge in [-0.3, -0.25) is 9.36 Å². The van der Waals surface area contributed by atoms with Crippen molar-refractivity contribution in [2.75, 3.05) is 11.4 Å². The third kappa shape index (κ3) is 5.29. The van der Waals surface area contributed by atoms with E-state index in [0.29, 0.717) is 17.5 Å². The zero-order valence-corrected chi connectivity index (χ0v) is 21.4. The SMILES string of the molecule is O=C(O)C1CN(Cc2ccccc2)c2c(-c3cccc(C(F)(F)F)c3)c(CCc3ccccc3)c(Cl)c(=O)n21. The molecule has 2 heterocycles. The number of rotatable bonds is 7. The van der Waals surface area contributed by atoms with E-state index in [9.17, 15) is 27.9 Å². The smallest absolute Gasteiger partial charge is 0.416 e. The van der Waals surface area contributed by atoms with Gasteiger partial charge in [-0.25, -0.2) is 4.79 Å². The van der Waals surface area contributed by atoms with Gasteiger partial charge in [-0.1, -0.05) is 84.4 Å². The first kappa shape index (κ1) is 26.6. The Hall–Kier alpha value is -4.04. The highest BCUT2D eigenvalue weighted by Gasteiger charge is 2.39. The van der Waals surface area contributed by atoms with E-state index in [-0.39, 0.29) is 35.9 Å². The number of carboxylic acid groups (broad SMARTS) is 1. The minimum atomic E-state index is -4.59. The van der Waals surface area contributed by atoms with Crippen molar-refractivity contribution < 1.29 is 23.1 Å². The van der Waals surface area contributed by atoms with Crippen LogP contribution in [0.25, 0.3) is 11.1 Å². The lowest BCUT2D eigenvalue weighted by atomic mass is 9.94. The summed E-state index contributed by atoms with van der Waals surface area (Å²) < 4.78 is 42.3. The largest absolute Gasteiger partial charge is 0.480 e. The van der Waals surface area contributed by atoms with Crippen LogP contribution in [0.3, 0.4) is 0 Å². The molecule has 200 valence electrons. The van der Waals surface area contributed by atoms with E-state index in [4.69, 9.17) is 11.6 Å². The van der Waals surface area contributed by atoms with Gasteiger partial charge in [0.2, 0.25) is 0 Å². The topological polar surface area (TPSA) is 62.5 Å². The summed E-state index contributed by atoms with van der Waals surface area (Å²) in [5, 5.41) is 9.83. The summed E-state index contributed by atoms with van der Waals surface area (Å²) >= 11 is 6.64. The second-order valence-corrected chi connectivity index (χ2v) is 9.83. The fourth-order valence-electron chi connectivity index (χ4n) is 5.11. The summed E-state index contributed by atoms with van der Waals surface area (Å²) in [6.45, 7) is 0.222. The highest BCUT2D eigenvalue weighted by molar-refractivity contribution is 6.31. The van der Waals surface area contributed by atoms with E-state index >= 15 is 0 Å². The summed E-state index contributed by atoms with van der Waals surface area (Å²) in [5.41, 5.74) is 1.24. The molecule has 1 N–H and O–H groups in total. The number of carbonyl (C=O) groups is 1. The average Bonchev–Trinajstić information content (AvgIpc) is 3.30. The highest BCUT2D eigenvalue weighted by Crippen LogP contribution is 2.43. The van der Waals surface area contributed by atoms with Crippen LogP contribution in [0.5, 0.6) is 0 Å². The Morgan fingerprint density at radius 2 is 1.56 bits per heavy atom. The molecule has 0 aliphatic carbocycles. The molecule has 1 aromatic heterocycles. The zero-order valence-electron chi connectivity index (χ0n) is 20.7. The summed E-state index contributed by atoms with van der Waals surface area (Å²) in [4.78, 5) is 27.6. The Bertz CT molecular complexity index is 1570. The lowest BCUT2D eigenvalue weighted by molar-refractivity contribution is -0.140. The molecule has 1 aliphatic heterocycles. The molecule has 1 atom stereocenters. The van der Waals surface area contributed by atoms with E-state index in [1.165, 1.54) is 12.1 Å². The molecule has 0 spiro atoms. The van der Waals surface area contributed by atoms with Gasteiger partial charge in [-0.2, -0.15) is 13.2 Å². The molecule has 4 aromatic rings. The number of pyridine rings is 1. The third-order valence-corrected chi connectivity index (χ3v) is 7.31. The Morgan fingerprint density at radius 1 is 0.923 bits per heavy atom. The lowest BCUT2D eigenvalue weighted by Gasteiger charge is -2.25. The van der Waals surface area contributed by atoms with Gasteiger partial charge in [0.05, 0.1) is 12.1 Å². The molecular weight excluding hydrogens is 529 g/mol. The summed E-state index contributed by atoms with van der Waals surface area (Å²) in [6.07, 6.45) is -3.84. The van der Waals surface area contributed by atoms with E-state index < -0.39 is 29.3 Å². The molecule has 0 radical (unpaired) electrons. The van der Waals surface area contributed by atoms with Crippen LogP contribution in [-0.2, 0) is 30.4 Å². The van der Waals surface area contributed by atoms with E-state index in [1.54, 1.807) is 4.90 Å². The highest BCUT2D eigenvalue weighted by atomic mass is 35.5. The van der Waals surface area contributed by atoms with Gasteiger partial charge in [0, 0.05) is 12.1 Å². The van der Waals surface area contributed by atoms with Crippen LogP contribution in [0.2, 0.25) is 5.02 Å². The summed E-state index contributed by atoms with van der Waals surface area (Å²) in [7, 11) is 0. The Morgan fingerprint density at radius 3 is 2.18 bits per heavy atom. The molecular formula is C30H24ClF3N2O3. The maximum Gasteiger partial charge on any atom is 0.416 e. The molecule has 0 saturated heterocycles.